The molecule has 1 aromatic rings. The minimum Gasteiger partial charge on any atom is -0.464 e. The number of carbonyl (C=O) groups is 2. The van der Waals surface area contributed by atoms with Gasteiger partial charge in [-0.1, -0.05) is 39.0 Å². The van der Waals surface area contributed by atoms with Gasteiger partial charge in [0.05, 0.1) is 7.11 Å². The second-order valence-corrected chi connectivity index (χ2v) is 5.15. The highest BCUT2D eigenvalue weighted by molar-refractivity contribution is 6.03. The number of ether oxygens (including phenoxy) is 1. The lowest BCUT2D eigenvalue weighted by Gasteiger charge is -2.15. The van der Waals surface area contributed by atoms with Crippen LogP contribution >= 0.6 is 0 Å². The summed E-state index contributed by atoms with van der Waals surface area (Å²) in [6.07, 6.45) is 1.29. The van der Waals surface area contributed by atoms with Crippen molar-refractivity contribution < 1.29 is 14.3 Å². The number of para-hydroxylation sites is 1. The average molecular weight is 261 g/mol. The van der Waals surface area contributed by atoms with Crippen molar-refractivity contribution in [2.75, 3.05) is 12.4 Å². The molecule has 0 saturated heterocycles. The predicted molar refractivity (Wildman–Crippen MR) is 74.6 cm³/mol. The molecule has 0 unspecified atom stereocenters. The Kier molecular flexibility index (Phi) is 4.87. The predicted octanol–water partition coefficient (Wildman–Crippen LogP) is 2.77. The quantitative estimate of drug-likeness (QED) is 0.669. The first kappa shape index (κ1) is 15.0. The smallest absolute Gasteiger partial charge is 0.354 e. The molecule has 0 spiro atoms. The molecule has 0 saturated carbocycles. The van der Waals surface area contributed by atoms with Gasteiger partial charge in [0, 0.05) is 17.2 Å². The van der Waals surface area contributed by atoms with Gasteiger partial charge in [0.2, 0.25) is 0 Å². The highest BCUT2D eigenvalue weighted by Crippen LogP contribution is 2.17. The van der Waals surface area contributed by atoms with Gasteiger partial charge in [-0.25, -0.2) is 4.79 Å². The van der Waals surface area contributed by atoms with Crippen LogP contribution in [0.25, 0.3) is 0 Å². The molecule has 0 atom stereocenters. The van der Waals surface area contributed by atoms with Crippen LogP contribution in [-0.4, -0.2) is 18.9 Å². The van der Waals surface area contributed by atoms with E-state index in [9.17, 15) is 9.59 Å². The van der Waals surface area contributed by atoms with E-state index in [1.165, 1.54) is 13.2 Å². The van der Waals surface area contributed by atoms with Gasteiger partial charge in [0.1, 0.15) is 5.70 Å². The summed E-state index contributed by atoms with van der Waals surface area (Å²) in [5, 5.41) is 2.90. The minimum absolute atomic E-state index is 0.133. The van der Waals surface area contributed by atoms with Gasteiger partial charge in [-0.2, -0.15) is 0 Å². The Labute approximate surface area is 113 Å². The number of esters is 1. The molecular formula is C15H19NO3. The number of hydrogen-bond donors (Lipinski definition) is 1. The molecule has 0 aromatic heterocycles. The van der Waals surface area contributed by atoms with Crippen molar-refractivity contribution in [1.29, 1.82) is 0 Å². The number of nitrogens with one attached hydrogen (secondary N) is 1. The number of benzene rings is 1. The van der Waals surface area contributed by atoms with Gasteiger partial charge in [-0.3, -0.25) is 4.79 Å². The summed E-state index contributed by atoms with van der Waals surface area (Å²) in [6.45, 7) is 5.38. The van der Waals surface area contributed by atoms with E-state index < -0.39 is 11.4 Å². The molecule has 0 aliphatic rings. The van der Waals surface area contributed by atoms with E-state index in [4.69, 9.17) is 0 Å². The largest absolute Gasteiger partial charge is 0.464 e. The second-order valence-electron chi connectivity index (χ2n) is 5.15. The molecule has 1 rings (SSSR count). The monoisotopic (exact) mass is 261 g/mol. The molecule has 0 aliphatic heterocycles. The lowest BCUT2D eigenvalue weighted by atomic mass is 9.90. The molecule has 4 heteroatoms. The Morgan fingerprint density at radius 2 is 1.74 bits per heavy atom. The zero-order chi connectivity index (χ0) is 14.5. The SMILES string of the molecule is COC(=O)/C(=C/C(=O)C(C)(C)C)Nc1ccccc1. The van der Waals surface area contributed by atoms with E-state index in [1.807, 2.05) is 18.2 Å². The fraction of sp³-hybridized carbons (Fsp3) is 0.333. The molecule has 0 amide bonds. The average Bonchev–Trinajstić information content (AvgIpc) is 2.37. The maximum Gasteiger partial charge on any atom is 0.354 e. The summed E-state index contributed by atoms with van der Waals surface area (Å²) in [7, 11) is 1.28. The Hall–Kier alpha value is -2.10. The highest BCUT2D eigenvalue weighted by atomic mass is 16.5. The van der Waals surface area contributed by atoms with Gasteiger partial charge in [-0.05, 0) is 12.1 Å². The topological polar surface area (TPSA) is 55.4 Å². The van der Waals surface area contributed by atoms with Gasteiger partial charge >= 0.3 is 5.97 Å². The standard InChI is InChI=1S/C15H19NO3/c1-15(2,3)13(17)10-12(14(18)19-4)16-11-8-6-5-7-9-11/h5-10,16H,1-4H3/b12-10-. The first-order chi connectivity index (χ1) is 8.84. The summed E-state index contributed by atoms with van der Waals surface area (Å²) < 4.78 is 4.68. The summed E-state index contributed by atoms with van der Waals surface area (Å²) in [6, 6.07) is 9.15. The maximum atomic E-state index is 12.0. The number of hydrogen-bond acceptors (Lipinski definition) is 4. The number of carbonyl (C=O) groups excluding carboxylic acids is 2. The summed E-state index contributed by atoms with van der Waals surface area (Å²) in [4.78, 5) is 23.6. The van der Waals surface area contributed by atoms with Crippen LogP contribution in [-0.2, 0) is 14.3 Å². The van der Waals surface area contributed by atoms with Crippen LogP contribution in [0.3, 0.4) is 0 Å². The van der Waals surface area contributed by atoms with Crippen LogP contribution in [0.2, 0.25) is 0 Å². The molecule has 1 aromatic carbocycles. The van der Waals surface area contributed by atoms with Crippen molar-refractivity contribution in [3.63, 3.8) is 0 Å². The molecule has 0 aliphatic carbocycles. The number of methoxy groups -OCH3 is 1. The molecule has 1 N–H and O–H groups in total. The minimum atomic E-state index is -0.568. The van der Waals surface area contributed by atoms with Gasteiger partial charge in [-0.15, -0.1) is 0 Å². The Balaban J connectivity index is 3.00. The number of ketones is 1. The molecule has 0 fully saturated rings. The third-order valence-electron chi connectivity index (χ3n) is 2.47. The Bertz CT molecular complexity index is 484. The number of anilines is 1. The van der Waals surface area contributed by atoms with Crippen LogP contribution < -0.4 is 5.32 Å². The molecule has 4 nitrogen and oxygen atoms in total. The molecule has 0 radical (unpaired) electrons. The van der Waals surface area contributed by atoms with Crippen molar-refractivity contribution in [3.05, 3.63) is 42.1 Å². The van der Waals surface area contributed by atoms with Gasteiger partial charge < -0.3 is 10.1 Å². The zero-order valence-electron chi connectivity index (χ0n) is 11.7. The first-order valence-corrected chi connectivity index (χ1v) is 6.01. The van der Waals surface area contributed by atoms with Crippen LogP contribution in [0.15, 0.2) is 42.1 Å². The van der Waals surface area contributed by atoms with E-state index in [0.29, 0.717) is 0 Å². The molecule has 0 heterocycles. The Morgan fingerprint density at radius 3 is 2.21 bits per heavy atom. The van der Waals surface area contributed by atoms with Gasteiger partial charge in [0.15, 0.2) is 5.78 Å². The van der Waals surface area contributed by atoms with Crippen LogP contribution in [0.5, 0.6) is 0 Å². The van der Waals surface area contributed by atoms with Crippen molar-refractivity contribution in [2.45, 2.75) is 20.8 Å². The van der Waals surface area contributed by atoms with Crippen molar-refractivity contribution in [1.82, 2.24) is 0 Å². The zero-order valence-corrected chi connectivity index (χ0v) is 11.7. The lowest BCUT2D eigenvalue weighted by Crippen LogP contribution is -2.22. The van der Waals surface area contributed by atoms with Gasteiger partial charge in [0.25, 0.3) is 0 Å². The summed E-state index contributed by atoms with van der Waals surface area (Å²) in [5.41, 5.74) is 0.312. The van der Waals surface area contributed by atoms with Crippen molar-refractivity contribution >= 4 is 17.4 Å². The van der Waals surface area contributed by atoms with E-state index in [0.717, 1.165) is 5.69 Å². The fourth-order valence-corrected chi connectivity index (χ4v) is 1.28. The molecular weight excluding hydrogens is 242 g/mol. The molecule has 102 valence electrons. The van der Waals surface area contributed by atoms with E-state index in [-0.39, 0.29) is 11.5 Å². The van der Waals surface area contributed by atoms with E-state index in [2.05, 4.69) is 10.1 Å². The number of allylic oxidation sites excluding steroid dienone is 1. The lowest BCUT2D eigenvalue weighted by molar-refractivity contribution is -0.136. The summed E-state index contributed by atoms with van der Waals surface area (Å²) >= 11 is 0. The Morgan fingerprint density at radius 1 is 1.16 bits per heavy atom. The van der Waals surface area contributed by atoms with Crippen molar-refractivity contribution in [2.24, 2.45) is 5.41 Å². The second kappa shape index (κ2) is 6.18. The van der Waals surface area contributed by atoms with Crippen LogP contribution in [0, 0.1) is 5.41 Å². The highest BCUT2D eigenvalue weighted by Gasteiger charge is 2.22. The third kappa shape index (κ3) is 4.58. The van der Waals surface area contributed by atoms with Crippen LogP contribution in [0.4, 0.5) is 5.69 Å². The van der Waals surface area contributed by atoms with Crippen molar-refractivity contribution in [3.8, 4) is 0 Å². The molecule has 19 heavy (non-hydrogen) atoms. The first-order valence-electron chi connectivity index (χ1n) is 6.01. The number of rotatable bonds is 4. The molecule has 0 bridgehead atoms. The van der Waals surface area contributed by atoms with E-state index >= 15 is 0 Å². The summed E-state index contributed by atoms with van der Waals surface area (Å²) in [5.74, 6) is -0.710. The third-order valence-corrected chi connectivity index (χ3v) is 2.47. The normalized spacial score (nSPS) is 11.9. The maximum absolute atomic E-state index is 12.0. The fourth-order valence-electron chi connectivity index (χ4n) is 1.28. The van der Waals surface area contributed by atoms with Crippen LogP contribution in [0.1, 0.15) is 20.8 Å². The van der Waals surface area contributed by atoms with E-state index in [1.54, 1.807) is 32.9 Å².